The van der Waals surface area contributed by atoms with Gasteiger partial charge in [-0.3, -0.25) is 0 Å². The first-order chi connectivity index (χ1) is 11.6. The van der Waals surface area contributed by atoms with E-state index in [0.29, 0.717) is 11.1 Å². The maximum Gasteiger partial charge on any atom is 0.0779 e. The highest BCUT2D eigenvalue weighted by atomic mass is 28.3. The van der Waals surface area contributed by atoms with Crippen LogP contribution in [0.5, 0.6) is 0 Å². The van der Waals surface area contributed by atoms with Crippen LogP contribution in [0.1, 0.15) is 30.5 Å². The molecule has 0 nitrogen and oxygen atoms in total. The number of hydrogen-bond acceptors (Lipinski definition) is 0. The standard InChI is InChI=1S/C19H26Si/c1-13-8-9-17(14(2)10-13)18-11-16(4)19(12-15(18)3)20(5,6)7/h8-12H,1-7H3/i1D3,4D3. The average molecular weight is 289 g/mol. The fourth-order valence-corrected chi connectivity index (χ4v) is 4.11. The van der Waals surface area contributed by atoms with Crippen LogP contribution in [0, 0.1) is 27.6 Å². The van der Waals surface area contributed by atoms with E-state index in [1.165, 1.54) is 0 Å². The summed E-state index contributed by atoms with van der Waals surface area (Å²) in [4.78, 5) is 0. The molecule has 0 fully saturated rings. The van der Waals surface area contributed by atoms with E-state index in [1.807, 2.05) is 19.9 Å². The highest BCUT2D eigenvalue weighted by molar-refractivity contribution is 6.89. The first-order valence-electron chi connectivity index (χ1n) is 9.89. The van der Waals surface area contributed by atoms with Gasteiger partial charge in [0.2, 0.25) is 0 Å². The largest absolute Gasteiger partial charge is 0.0779 e. The lowest BCUT2D eigenvalue weighted by molar-refractivity contribution is 1.35. The van der Waals surface area contributed by atoms with Crippen molar-refractivity contribution < 1.29 is 8.22 Å². The van der Waals surface area contributed by atoms with Crippen molar-refractivity contribution in [3.63, 3.8) is 0 Å². The second-order valence-electron chi connectivity index (χ2n) is 6.49. The molecule has 20 heavy (non-hydrogen) atoms. The molecule has 2 aromatic rings. The van der Waals surface area contributed by atoms with Crippen LogP contribution >= 0.6 is 0 Å². The highest BCUT2D eigenvalue weighted by Gasteiger charge is 2.20. The maximum atomic E-state index is 7.97. The van der Waals surface area contributed by atoms with Crippen LogP contribution < -0.4 is 5.19 Å². The zero-order chi connectivity index (χ0) is 20.1. The minimum Gasteiger partial charge on any atom is -0.0656 e. The fourth-order valence-electron chi connectivity index (χ4n) is 2.58. The van der Waals surface area contributed by atoms with Crippen molar-refractivity contribution in [3.05, 3.63) is 52.6 Å². The molecule has 2 aromatic carbocycles. The van der Waals surface area contributed by atoms with Crippen molar-refractivity contribution in [2.45, 2.75) is 47.2 Å². The predicted octanol–water partition coefficient (Wildman–Crippen LogP) is 5.13. The Balaban J connectivity index is 2.72. The lowest BCUT2D eigenvalue weighted by Crippen LogP contribution is -2.39. The third-order valence-corrected chi connectivity index (χ3v) is 5.72. The minimum absolute atomic E-state index is 0.297. The zero-order valence-corrected chi connectivity index (χ0v) is 13.9. The number of hydrogen-bond donors (Lipinski definition) is 0. The molecule has 0 spiro atoms. The molecule has 0 heterocycles. The van der Waals surface area contributed by atoms with Gasteiger partial charge in [-0.1, -0.05) is 66.3 Å². The van der Waals surface area contributed by atoms with E-state index >= 15 is 0 Å². The summed E-state index contributed by atoms with van der Waals surface area (Å²) >= 11 is 0. The summed E-state index contributed by atoms with van der Waals surface area (Å²) in [6.07, 6.45) is 0. The van der Waals surface area contributed by atoms with E-state index in [2.05, 4.69) is 19.6 Å². The van der Waals surface area contributed by atoms with Crippen LogP contribution in [-0.4, -0.2) is 8.07 Å². The summed E-state index contributed by atoms with van der Waals surface area (Å²) in [5.41, 5.74) is 4.29. The van der Waals surface area contributed by atoms with Crippen LogP contribution in [-0.2, 0) is 0 Å². The van der Waals surface area contributed by atoms with E-state index in [4.69, 9.17) is 8.22 Å². The molecule has 0 unspecified atom stereocenters. The van der Waals surface area contributed by atoms with Gasteiger partial charge < -0.3 is 0 Å². The van der Waals surface area contributed by atoms with E-state index in [1.54, 1.807) is 24.3 Å². The van der Waals surface area contributed by atoms with E-state index < -0.39 is 21.8 Å². The van der Waals surface area contributed by atoms with Gasteiger partial charge in [-0.25, -0.2) is 0 Å². The Bertz CT molecular complexity index is 826. The second kappa shape index (κ2) is 5.21. The Kier molecular flexibility index (Phi) is 2.30. The summed E-state index contributed by atoms with van der Waals surface area (Å²) in [7, 11) is -1.82. The Morgan fingerprint density at radius 1 is 0.800 bits per heavy atom. The quantitative estimate of drug-likeness (QED) is 0.672. The van der Waals surface area contributed by atoms with Crippen molar-refractivity contribution in [1.82, 2.24) is 0 Å². The highest BCUT2D eigenvalue weighted by Crippen LogP contribution is 2.28. The van der Waals surface area contributed by atoms with Crippen LogP contribution in [0.15, 0.2) is 30.3 Å². The third kappa shape index (κ3) is 2.88. The molecule has 0 bridgehead atoms. The first-order valence-corrected chi connectivity index (χ1v) is 10.4. The predicted molar refractivity (Wildman–Crippen MR) is 93.8 cm³/mol. The first kappa shape index (κ1) is 8.84. The fraction of sp³-hybridized carbons (Fsp3) is 0.368. The molecule has 0 atom stereocenters. The molecule has 0 saturated carbocycles. The lowest BCUT2D eigenvalue weighted by atomic mass is 9.94. The van der Waals surface area contributed by atoms with Gasteiger partial charge in [0.05, 0.1) is 8.07 Å². The molecule has 0 radical (unpaired) electrons. The molecule has 1 heteroatoms. The Labute approximate surface area is 133 Å². The van der Waals surface area contributed by atoms with E-state index in [0.717, 1.165) is 27.4 Å². The number of aryl methyl sites for hydroxylation is 4. The van der Waals surface area contributed by atoms with Crippen LogP contribution in [0.25, 0.3) is 11.1 Å². The van der Waals surface area contributed by atoms with Gasteiger partial charge in [0.1, 0.15) is 0 Å². The molecule has 0 amide bonds. The van der Waals surface area contributed by atoms with Crippen molar-refractivity contribution in [2.75, 3.05) is 0 Å². The monoisotopic (exact) mass is 288 g/mol. The van der Waals surface area contributed by atoms with Crippen molar-refractivity contribution in [1.29, 1.82) is 0 Å². The SMILES string of the molecule is [2H]C([2H])([2H])c1ccc(-c2cc(C([2H])([2H])[2H])c([Si](C)(C)C)cc2C)c(C)c1. The Hall–Kier alpha value is -1.34. The maximum absolute atomic E-state index is 7.97. The molecule has 0 aliphatic carbocycles. The van der Waals surface area contributed by atoms with Gasteiger partial charge in [-0.05, 0) is 49.8 Å². The number of rotatable bonds is 2. The second-order valence-corrected chi connectivity index (χ2v) is 11.5. The number of benzene rings is 2. The molecular formula is C19H26Si. The van der Waals surface area contributed by atoms with Crippen LogP contribution in [0.2, 0.25) is 19.6 Å². The van der Waals surface area contributed by atoms with Gasteiger partial charge in [0, 0.05) is 8.22 Å². The molecular weight excluding hydrogens is 256 g/mol. The summed E-state index contributed by atoms with van der Waals surface area (Å²) in [5, 5.41) is 0.954. The summed E-state index contributed by atoms with van der Waals surface area (Å²) in [5.74, 6) is 0. The molecule has 0 aliphatic heterocycles. The van der Waals surface area contributed by atoms with E-state index in [-0.39, 0.29) is 0 Å². The Morgan fingerprint density at radius 3 is 2.05 bits per heavy atom. The molecule has 0 saturated heterocycles. The average Bonchev–Trinajstić information content (AvgIpc) is 2.44. The molecule has 0 N–H and O–H groups in total. The van der Waals surface area contributed by atoms with E-state index in [9.17, 15) is 0 Å². The molecule has 0 aromatic heterocycles. The minimum atomic E-state index is -2.18. The van der Waals surface area contributed by atoms with Gasteiger partial charge in [-0.2, -0.15) is 0 Å². The van der Waals surface area contributed by atoms with Crippen LogP contribution in [0.4, 0.5) is 0 Å². The summed E-state index contributed by atoms with van der Waals surface area (Å²) < 4.78 is 46.6. The van der Waals surface area contributed by atoms with Crippen molar-refractivity contribution in [2.24, 2.45) is 0 Å². The topological polar surface area (TPSA) is 0 Å². The van der Waals surface area contributed by atoms with Crippen molar-refractivity contribution in [3.8, 4) is 11.1 Å². The van der Waals surface area contributed by atoms with Gasteiger partial charge in [0.15, 0.2) is 0 Å². The molecule has 0 aliphatic rings. The van der Waals surface area contributed by atoms with Gasteiger partial charge >= 0.3 is 0 Å². The Morgan fingerprint density at radius 2 is 1.50 bits per heavy atom. The van der Waals surface area contributed by atoms with Gasteiger partial charge in [-0.15, -0.1) is 0 Å². The summed E-state index contributed by atoms with van der Waals surface area (Å²) in [6.45, 7) is 5.96. The smallest absolute Gasteiger partial charge is 0.0656 e. The van der Waals surface area contributed by atoms with Crippen molar-refractivity contribution >= 4 is 13.3 Å². The van der Waals surface area contributed by atoms with Gasteiger partial charge in [0.25, 0.3) is 0 Å². The lowest BCUT2D eigenvalue weighted by Gasteiger charge is -2.22. The third-order valence-electron chi connectivity index (χ3n) is 3.69. The van der Waals surface area contributed by atoms with Crippen LogP contribution in [0.3, 0.4) is 0 Å². The normalized spacial score (nSPS) is 17.4. The molecule has 106 valence electrons. The summed E-state index contributed by atoms with van der Waals surface area (Å²) in [6, 6.07) is 8.86. The zero-order valence-electron chi connectivity index (χ0n) is 18.9. The molecule has 2 rings (SSSR count).